The van der Waals surface area contributed by atoms with Crippen molar-refractivity contribution in [2.45, 2.75) is 37.6 Å². The minimum absolute atomic E-state index is 0.0334. The molecule has 1 saturated heterocycles. The molecule has 0 bridgehead atoms. The monoisotopic (exact) mass is 432 g/mol. The van der Waals surface area contributed by atoms with Crippen molar-refractivity contribution in [3.63, 3.8) is 0 Å². The van der Waals surface area contributed by atoms with Gasteiger partial charge in [-0.25, -0.2) is 0 Å². The average Bonchev–Trinajstić information content (AvgIpc) is 2.75. The molecule has 1 aliphatic heterocycles. The molecule has 1 fully saturated rings. The molecule has 1 aliphatic rings. The first-order valence-corrected chi connectivity index (χ1v) is 9.36. The number of benzene rings is 2. The van der Waals surface area contributed by atoms with E-state index in [1.54, 1.807) is 0 Å². The molecule has 10 nitrogen and oxygen atoms in total. The van der Waals surface area contributed by atoms with Gasteiger partial charge in [0, 0.05) is 5.56 Å². The smallest absolute Gasteiger partial charge is 0.239 e. The van der Waals surface area contributed by atoms with Crippen LogP contribution in [0.25, 0.3) is 22.3 Å². The zero-order valence-electron chi connectivity index (χ0n) is 16.2. The molecule has 164 valence electrons. The second-order valence-corrected chi connectivity index (χ2v) is 7.24. The van der Waals surface area contributed by atoms with Crippen LogP contribution in [0.15, 0.2) is 45.6 Å². The number of aliphatic hydroxyl groups is 3. The van der Waals surface area contributed by atoms with Crippen LogP contribution in [0, 0.1) is 0 Å². The van der Waals surface area contributed by atoms with E-state index in [1.807, 2.05) is 0 Å². The highest BCUT2D eigenvalue weighted by molar-refractivity contribution is 5.89. The molecule has 3 aromatic rings. The summed E-state index contributed by atoms with van der Waals surface area (Å²) >= 11 is 0. The van der Waals surface area contributed by atoms with Gasteiger partial charge in [-0.3, -0.25) is 4.79 Å². The van der Waals surface area contributed by atoms with Crippen LogP contribution in [-0.2, 0) is 4.74 Å². The number of phenols is 3. The molecule has 31 heavy (non-hydrogen) atoms. The Morgan fingerprint density at radius 1 is 0.903 bits per heavy atom. The van der Waals surface area contributed by atoms with Crippen LogP contribution in [-0.4, -0.2) is 61.3 Å². The molecule has 4 rings (SSSR count). The van der Waals surface area contributed by atoms with Gasteiger partial charge in [-0.1, -0.05) is 0 Å². The first-order chi connectivity index (χ1) is 14.7. The summed E-state index contributed by atoms with van der Waals surface area (Å²) in [4.78, 5) is 13.2. The highest BCUT2D eigenvalue weighted by atomic mass is 16.7. The van der Waals surface area contributed by atoms with E-state index in [9.17, 15) is 35.4 Å². The lowest BCUT2D eigenvalue weighted by atomic mass is 10.00. The number of aliphatic hydroxyl groups excluding tert-OH is 3. The lowest BCUT2D eigenvalue weighted by Gasteiger charge is -2.38. The molecule has 6 N–H and O–H groups in total. The van der Waals surface area contributed by atoms with Gasteiger partial charge in [0.05, 0.1) is 6.10 Å². The van der Waals surface area contributed by atoms with Crippen LogP contribution in [0.2, 0.25) is 0 Å². The predicted octanol–water partition coefficient (Wildman–Crippen LogP) is 0.783. The minimum atomic E-state index is -1.70. The summed E-state index contributed by atoms with van der Waals surface area (Å²) in [6.45, 7) is 1.45. The molecule has 2 aromatic carbocycles. The highest BCUT2D eigenvalue weighted by Gasteiger charge is 2.44. The number of fused-ring (bicyclic) bond motifs is 1. The van der Waals surface area contributed by atoms with E-state index in [4.69, 9.17) is 13.9 Å². The van der Waals surface area contributed by atoms with E-state index in [1.165, 1.54) is 37.3 Å². The number of rotatable bonds is 3. The third-order valence-corrected chi connectivity index (χ3v) is 5.14. The van der Waals surface area contributed by atoms with Crippen molar-refractivity contribution in [1.82, 2.24) is 0 Å². The number of ether oxygens (including phenoxy) is 2. The molecule has 0 saturated carbocycles. The van der Waals surface area contributed by atoms with Gasteiger partial charge in [0.1, 0.15) is 35.0 Å². The van der Waals surface area contributed by atoms with Crippen LogP contribution in [0.4, 0.5) is 0 Å². The largest absolute Gasteiger partial charge is 0.508 e. The molecule has 2 heterocycles. The highest BCUT2D eigenvalue weighted by Crippen LogP contribution is 2.38. The minimum Gasteiger partial charge on any atom is -0.508 e. The second kappa shape index (κ2) is 7.75. The SMILES string of the molecule is C[C@H]1O[C@@H](Oc2c(-c3ccc(O)cc3)oc3ccc(O)c(O)c3c2=O)[C@@H](O)[C@@H](O)[C@@H]1O. The maximum absolute atomic E-state index is 13.2. The molecule has 0 radical (unpaired) electrons. The van der Waals surface area contributed by atoms with Gasteiger partial charge >= 0.3 is 0 Å². The maximum atomic E-state index is 13.2. The summed E-state index contributed by atoms with van der Waals surface area (Å²) < 4.78 is 16.8. The van der Waals surface area contributed by atoms with Crippen LogP contribution in [0.1, 0.15) is 6.92 Å². The number of phenolic OH excluding ortho intramolecular Hbond substituents is 3. The molecular formula is C21H20O10. The van der Waals surface area contributed by atoms with E-state index < -0.39 is 53.4 Å². The van der Waals surface area contributed by atoms with Gasteiger partial charge in [0.15, 0.2) is 17.3 Å². The van der Waals surface area contributed by atoms with E-state index in [-0.39, 0.29) is 22.5 Å². The Bertz CT molecular complexity index is 1170. The molecule has 1 aromatic heterocycles. The standard InChI is InChI=1S/C21H20O10/c1-8-14(24)17(27)18(28)21(29-8)31-20-16(26)13-12(7-6-11(23)15(13)25)30-19(20)9-2-4-10(22)5-3-9/h2-8,14,17-18,21-25,27-28H,1H3/t8-,14-,17+,18+,21+/m1/s1. The van der Waals surface area contributed by atoms with Gasteiger partial charge in [0.2, 0.25) is 17.5 Å². The van der Waals surface area contributed by atoms with E-state index >= 15 is 0 Å². The van der Waals surface area contributed by atoms with E-state index in [2.05, 4.69) is 0 Å². The Morgan fingerprint density at radius 2 is 1.58 bits per heavy atom. The fourth-order valence-electron chi connectivity index (χ4n) is 3.38. The molecule has 10 heteroatoms. The van der Waals surface area contributed by atoms with Crippen LogP contribution in [0.3, 0.4) is 0 Å². The Labute approximate surface area is 174 Å². The molecule has 0 aliphatic carbocycles. The van der Waals surface area contributed by atoms with Crippen LogP contribution in [0.5, 0.6) is 23.0 Å². The molecular weight excluding hydrogens is 412 g/mol. The first-order valence-electron chi connectivity index (χ1n) is 9.36. The van der Waals surface area contributed by atoms with Crippen molar-refractivity contribution in [3.05, 3.63) is 46.6 Å². The summed E-state index contributed by atoms with van der Waals surface area (Å²) in [7, 11) is 0. The zero-order valence-corrected chi connectivity index (χ0v) is 16.2. The quantitative estimate of drug-likeness (QED) is 0.325. The number of hydrogen-bond donors (Lipinski definition) is 6. The molecule has 0 spiro atoms. The summed E-state index contributed by atoms with van der Waals surface area (Å²) in [5.74, 6) is -1.88. The van der Waals surface area contributed by atoms with Crippen molar-refractivity contribution >= 4 is 11.0 Å². The van der Waals surface area contributed by atoms with Gasteiger partial charge in [0.25, 0.3) is 0 Å². The third kappa shape index (κ3) is 3.55. The van der Waals surface area contributed by atoms with Crippen molar-refractivity contribution in [3.8, 4) is 34.3 Å². The van der Waals surface area contributed by atoms with Crippen molar-refractivity contribution < 1.29 is 44.5 Å². The number of hydrogen-bond acceptors (Lipinski definition) is 10. The summed E-state index contributed by atoms with van der Waals surface area (Å²) in [6.07, 6.45) is -7.16. The lowest BCUT2D eigenvalue weighted by Crippen LogP contribution is -2.58. The molecule has 0 unspecified atom stereocenters. The topological polar surface area (TPSA) is 170 Å². The normalized spacial score (nSPS) is 26.1. The van der Waals surface area contributed by atoms with Crippen molar-refractivity contribution in [2.75, 3.05) is 0 Å². The fraction of sp³-hybridized carbons (Fsp3) is 0.286. The van der Waals surface area contributed by atoms with Gasteiger partial charge < -0.3 is 44.5 Å². The van der Waals surface area contributed by atoms with Crippen LogP contribution < -0.4 is 10.2 Å². The first kappa shape index (κ1) is 20.9. The summed E-state index contributed by atoms with van der Waals surface area (Å²) in [5, 5.41) is 59.3. The Balaban J connectivity index is 1.90. The Morgan fingerprint density at radius 3 is 2.26 bits per heavy atom. The molecule has 5 atom stereocenters. The van der Waals surface area contributed by atoms with Gasteiger partial charge in [-0.05, 0) is 43.3 Å². The number of aromatic hydroxyl groups is 3. The lowest BCUT2D eigenvalue weighted by molar-refractivity contribution is -0.268. The van der Waals surface area contributed by atoms with E-state index in [0.717, 1.165) is 6.07 Å². The summed E-state index contributed by atoms with van der Waals surface area (Å²) in [6, 6.07) is 8.04. The fourth-order valence-corrected chi connectivity index (χ4v) is 3.38. The summed E-state index contributed by atoms with van der Waals surface area (Å²) in [5.41, 5.74) is -0.607. The Hall–Kier alpha value is -3.31. The Kier molecular flexibility index (Phi) is 5.23. The van der Waals surface area contributed by atoms with Gasteiger partial charge in [-0.2, -0.15) is 0 Å². The zero-order chi connectivity index (χ0) is 22.4. The third-order valence-electron chi connectivity index (χ3n) is 5.14. The van der Waals surface area contributed by atoms with E-state index in [0.29, 0.717) is 5.56 Å². The molecule has 0 amide bonds. The van der Waals surface area contributed by atoms with Gasteiger partial charge in [-0.15, -0.1) is 0 Å². The van der Waals surface area contributed by atoms with Crippen molar-refractivity contribution in [2.24, 2.45) is 0 Å². The predicted molar refractivity (Wildman–Crippen MR) is 106 cm³/mol. The average molecular weight is 432 g/mol. The van der Waals surface area contributed by atoms with Crippen molar-refractivity contribution in [1.29, 1.82) is 0 Å². The second-order valence-electron chi connectivity index (χ2n) is 7.24. The maximum Gasteiger partial charge on any atom is 0.239 e. The van der Waals surface area contributed by atoms with Crippen LogP contribution >= 0.6 is 0 Å².